The Hall–Kier alpha value is -0.710. The van der Waals surface area contributed by atoms with Gasteiger partial charge >= 0.3 is 0 Å². The van der Waals surface area contributed by atoms with E-state index in [-0.39, 0.29) is 0 Å². The predicted octanol–water partition coefficient (Wildman–Crippen LogP) is 2.34. The lowest BCUT2D eigenvalue weighted by molar-refractivity contribution is 0.269. The third-order valence-electron chi connectivity index (χ3n) is 3.16. The van der Waals surface area contributed by atoms with Gasteiger partial charge in [0.15, 0.2) is 0 Å². The van der Waals surface area contributed by atoms with Crippen LogP contribution in [0.5, 0.6) is 5.75 Å². The van der Waals surface area contributed by atoms with Gasteiger partial charge < -0.3 is 10.5 Å². The smallest absolute Gasteiger partial charge is 0.123 e. The van der Waals surface area contributed by atoms with Gasteiger partial charge in [-0.2, -0.15) is 11.8 Å². The molecule has 18 heavy (non-hydrogen) atoms. The van der Waals surface area contributed by atoms with Crippen molar-refractivity contribution in [1.29, 1.82) is 0 Å². The van der Waals surface area contributed by atoms with E-state index in [0.717, 1.165) is 23.6 Å². The minimum Gasteiger partial charge on any atom is -0.496 e. The van der Waals surface area contributed by atoms with E-state index >= 15 is 0 Å². The molecule has 0 saturated heterocycles. The zero-order valence-corrected chi connectivity index (χ0v) is 12.6. The Bertz CT molecular complexity index is 371. The molecule has 0 heterocycles. The summed E-state index contributed by atoms with van der Waals surface area (Å²) in [6.07, 6.45) is 2.14. The van der Waals surface area contributed by atoms with Crippen LogP contribution in [0.3, 0.4) is 0 Å². The van der Waals surface area contributed by atoms with Crippen LogP contribution < -0.4 is 10.5 Å². The van der Waals surface area contributed by atoms with Crippen molar-refractivity contribution in [3.05, 3.63) is 29.3 Å². The summed E-state index contributed by atoms with van der Waals surface area (Å²) in [4.78, 5) is 2.35. The molecule has 102 valence electrons. The average Bonchev–Trinajstić information content (AvgIpc) is 2.38. The third kappa shape index (κ3) is 4.19. The number of benzene rings is 1. The molecule has 4 heteroatoms. The van der Waals surface area contributed by atoms with Crippen molar-refractivity contribution >= 4 is 11.8 Å². The number of nitrogens with zero attached hydrogens (tertiary/aromatic N) is 1. The van der Waals surface area contributed by atoms with E-state index in [9.17, 15) is 0 Å². The van der Waals surface area contributed by atoms with Crippen LogP contribution >= 0.6 is 11.8 Å². The van der Waals surface area contributed by atoms with Crippen LogP contribution in [0.2, 0.25) is 0 Å². The maximum Gasteiger partial charge on any atom is 0.123 e. The summed E-state index contributed by atoms with van der Waals surface area (Å²) < 4.78 is 5.36. The van der Waals surface area contributed by atoms with Crippen LogP contribution in [0.4, 0.5) is 0 Å². The zero-order chi connectivity index (χ0) is 13.5. The van der Waals surface area contributed by atoms with Gasteiger partial charge in [-0.05, 0) is 31.9 Å². The molecule has 1 aromatic carbocycles. The molecule has 0 aliphatic rings. The second-order valence-electron chi connectivity index (χ2n) is 4.57. The summed E-state index contributed by atoms with van der Waals surface area (Å²) in [7, 11) is 3.85. The average molecular weight is 268 g/mol. The first-order valence-electron chi connectivity index (χ1n) is 6.17. The summed E-state index contributed by atoms with van der Waals surface area (Å²) in [5, 5.41) is 0. The number of ether oxygens (including phenoxy) is 1. The fourth-order valence-electron chi connectivity index (χ4n) is 1.87. The summed E-state index contributed by atoms with van der Waals surface area (Å²) in [5.41, 5.74) is 7.99. The molecule has 3 nitrogen and oxygen atoms in total. The first-order chi connectivity index (χ1) is 8.62. The maximum atomic E-state index is 5.67. The Labute approximate surface area is 115 Å². The van der Waals surface area contributed by atoms with Crippen LogP contribution in [0.15, 0.2) is 18.2 Å². The molecule has 1 aromatic rings. The fraction of sp³-hybridized carbons (Fsp3) is 0.571. The van der Waals surface area contributed by atoms with E-state index in [1.54, 1.807) is 7.11 Å². The second kappa shape index (κ2) is 7.67. The fourth-order valence-corrected chi connectivity index (χ4v) is 2.61. The largest absolute Gasteiger partial charge is 0.496 e. The molecule has 0 amide bonds. The molecule has 0 spiro atoms. The van der Waals surface area contributed by atoms with Crippen molar-refractivity contribution in [2.45, 2.75) is 26.1 Å². The van der Waals surface area contributed by atoms with E-state index in [4.69, 9.17) is 10.5 Å². The van der Waals surface area contributed by atoms with Gasteiger partial charge in [0.25, 0.3) is 0 Å². The van der Waals surface area contributed by atoms with E-state index < -0.39 is 0 Å². The van der Waals surface area contributed by atoms with E-state index in [2.05, 4.69) is 43.3 Å². The Morgan fingerprint density at radius 1 is 1.44 bits per heavy atom. The van der Waals surface area contributed by atoms with Crippen LogP contribution in [-0.2, 0) is 13.1 Å². The molecule has 0 saturated carbocycles. The number of methoxy groups -OCH3 is 1. The SMILES string of the molecule is COc1cc(CN(C)C(C)CSC)ccc1CN. The Balaban J connectivity index is 2.72. The molecule has 0 aliphatic heterocycles. The lowest BCUT2D eigenvalue weighted by atomic mass is 10.1. The van der Waals surface area contributed by atoms with E-state index in [1.807, 2.05) is 11.8 Å². The van der Waals surface area contributed by atoms with E-state index in [0.29, 0.717) is 12.6 Å². The molecule has 0 fully saturated rings. The highest BCUT2D eigenvalue weighted by molar-refractivity contribution is 7.98. The molecule has 0 radical (unpaired) electrons. The quantitative estimate of drug-likeness (QED) is 0.824. The van der Waals surface area contributed by atoms with Gasteiger partial charge in [-0.15, -0.1) is 0 Å². The van der Waals surface area contributed by atoms with Gasteiger partial charge in [-0.3, -0.25) is 4.90 Å². The van der Waals surface area contributed by atoms with Crippen molar-refractivity contribution in [3.63, 3.8) is 0 Å². The van der Waals surface area contributed by atoms with Crippen molar-refractivity contribution in [2.75, 3.05) is 26.2 Å². The number of thioether (sulfide) groups is 1. The molecular formula is C14H24N2OS. The topological polar surface area (TPSA) is 38.5 Å². The van der Waals surface area contributed by atoms with Crippen molar-refractivity contribution in [3.8, 4) is 5.75 Å². The normalized spacial score (nSPS) is 12.8. The van der Waals surface area contributed by atoms with Gasteiger partial charge in [-0.1, -0.05) is 12.1 Å². The number of hydrogen-bond donors (Lipinski definition) is 1. The first kappa shape index (κ1) is 15.3. The standard InChI is InChI=1S/C14H24N2OS/c1-11(10-18-4)16(2)9-12-5-6-13(8-15)14(7-12)17-3/h5-7,11H,8-10,15H2,1-4H3. The number of rotatable bonds is 7. The van der Waals surface area contributed by atoms with Gasteiger partial charge in [0.1, 0.15) is 5.75 Å². The summed E-state index contributed by atoms with van der Waals surface area (Å²) in [6.45, 7) is 3.70. The second-order valence-corrected chi connectivity index (χ2v) is 5.48. The van der Waals surface area contributed by atoms with Gasteiger partial charge in [0, 0.05) is 30.4 Å². The van der Waals surface area contributed by atoms with Crippen molar-refractivity contribution in [1.82, 2.24) is 4.90 Å². The van der Waals surface area contributed by atoms with Crippen LogP contribution in [0.25, 0.3) is 0 Å². The summed E-state index contributed by atoms with van der Waals surface area (Å²) in [5.74, 6) is 2.04. The maximum absolute atomic E-state index is 5.67. The van der Waals surface area contributed by atoms with Crippen molar-refractivity contribution in [2.24, 2.45) is 5.73 Å². The monoisotopic (exact) mass is 268 g/mol. The highest BCUT2D eigenvalue weighted by Gasteiger charge is 2.10. The van der Waals surface area contributed by atoms with Gasteiger partial charge in [0.2, 0.25) is 0 Å². The lowest BCUT2D eigenvalue weighted by Gasteiger charge is -2.24. The highest BCUT2D eigenvalue weighted by Crippen LogP contribution is 2.21. The Kier molecular flexibility index (Phi) is 6.54. The Morgan fingerprint density at radius 2 is 2.17 bits per heavy atom. The summed E-state index contributed by atoms with van der Waals surface area (Å²) >= 11 is 1.88. The van der Waals surface area contributed by atoms with Gasteiger partial charge in [-0.25, -0.2) is 0 Å². The molecular weight excluding hydrogens is 244 g/mol. The minimum absolute atomic E-state index is 0.516. The predicted molar refractivity (Wildman–Crippen MR) is 80.2 cm³/mol. The minimum atomic E-state index is 0.516. The van der Waals surface area contributed by atoms with Crippen LogP contribution in [-0.4, -0.2) is 37.1 Å². The van der Waals surface area contributed by atoms with E-state index in [1.165, 1.54) is 5.56 Å². The molecule has 1 unspecified atom stereocenters. The molecule has 2 N–H and O–H groups in total. The van der Waals surface area contributed by atoms with Crippen LogP contribution in [0.1, 0.15) is 18.1 Å². The molecule has 0 bridgehead atoms. The molecule has 0 aromatic heterocycles. The highest BCUT2D eigenvalue weighted by atomic mass is 32.2. The molecule has 1 atom stereocenters. The van der Waals surface area contributed by atoms with Crippen molar-refractivity contribution < 1.29 is 4.74 Å². The molecule has 0 aliphatic carbocycles. The third-order valence-corrected chi connectivity index (χ3v) is 3.98. The zero-order valence-electron chi connectivity index (χ0n) is 11.8. The lowest BCUT2D eigenvalue weighted by Crippen LogP contribution is -2.30. The number of hydrogen-bond acceptors (Lipinski definition) is 4. The number of nitrogens with two attached hydrogens (primary N) is 1. The first-order valence-corrected chi connectivity index (χ1v) is 7.56. The summed E-state index contributed by atoms with van der Waals surface area (Å²) in [6, 6.07) is 6.85. The molecule has 1 rings (SSSR count). The van der Waals surface area contributed by atoms with Crippen LogP contribution in [0, 0.1) is 0 Å². The van der Waals surface area contributed by atoms with Gasteiger partial charge in [0.05, 0.1) is 7.11 Å². The Morgan fingerprint density at radius 3 is 2.72 bits per heavy atom.